The van der Waals surface area contributed by atoms with Crippen LogP contribution >= 0.6 is 0 Å². The van der Waals surface area contributed by atoms with E-state index in [1.165, 1.54) is 11.1 Å². The van der Waals surface area contributed by atoms with Crippen molar-refractivity contribution in [3.63, 3.8) is 0 Å². The van der Waals surface area contributed by atoms with Crippen molar-refractivity contribution in [1.82, 2.24) is 0 Å². The Balaban J connectivity index is 2.93. The molecule has 1 atom stereocenters. The van der Waals surface area contributed by atoms with Gasteiger partial charge in [-0.3, -0.25) is 0 Å². The predicted molar refractivity (Wildman–Crippen MR) is 44.8 cm³/mol. The van der Waals surface area contributed by atoms with Gasteiger partial charge < -0.3 is 0 Å². The zero-order chi connectivity index (χ0) is 7.56. The highest BCUT2D eigenvalue weighted by molar-refractivity contribution is 5.32. The SMILES string of the molecule is CCC1=CC(C)C=C=C1C. The smallest absolute Gasteiger partial charge is 0.0000321 e. The van der Waals surface area contributed by atoms with Gasteiger partial charge in [-0.05, 0) is 30.6 Å². The molecule has 0 aliphatic heterocycles. The maximum Gasteiger partial charge on any atom is 0.0000321 e. The Labute approximate surface area is 62.9 Å². The van der Waals surface area contributed by atoms with Gasteiger partial charge in [0.25, 0.3) is 0 Å². The normalized spacial score (nSPS) is 24.1. The van der Waals surface area contributed by atoms with Crippen molar-refractivity contribution >= 4 is 0 Å². The fourth-order valence-electron chi connectivity index (χ4n) is 1.22. The number of rotatable bonds is 1. The molecule has 0 heterocycles. The molecule has 1 aliphatic rings. The van der Waals surface area contributed by atoms with Crippen molar-refractivity contribution in [1.29, 1.82) is 0 Å². The van der Waals surface area contributed by atoms with Gasteiger partial charge >= 0.3 is 0 Å². The van der Waals surface area contributed by atoms with Crippen LogP contribution in [0.2, 0.25) is 0 Å². The highest BCUT2D eigenvalue weighted by Crippen LogP contribution is 2.19. The molecule has 0 nitrogen and oxygen atoms in total. The van der Waals surface area contributed by atoms with Gasteiger partial charge in [-0.2, -0.15) is 0 Å². The Morgan fingerprint density at radius 2 is 2.30 bits per heavy atom. The summed E-state index contributed by atoms with van der Waals surface area (Å²) >= 11 is 0. The molecule has 0 heteroatoms. The lowest BCUT2D eigenvalue weighted by atomic mass is 9.96. The second kappa shape index (κ2) is 2.90. The van der Waals surface area contributed by atoms with E-state index in [-0.39, 0.29) is 0 Å². The van der Waals surface area contributed by atoms with Crippen LogP contribution in [-0.2, 0) is 0 Å². The van der Waals surface area contributed by atoms with Crippen LogP contribution in [-0.4, -0.2) is 0 Å². The fourth-order valence-corrected chi connectivity index (χ4v) is 1.22. The molecular weight excluding hydrogens is 120 g/mol. The van der Waals surface area contributed by atoms with Crippen molar-refractivity contribution in [2.24, 2.45) is 5.92 Å². The molecule has 0 bridgehead atoms. The summed E-state index contributed by atoms with van der Waals surface area (Å²) in [6.07, 6.45) is 5.57. The average molecular weight is 134 g/mol. The van der Waals surface area contributed by atoms with Crippen molar-refractivity contribution in [3.05, 3.63) is 29.0 Å². The second-order valence-corrected chi connectivity index (χ2v) is 2.84. The minimum absolute atomic E-state index is 0.582. The molecule has 0 saturated carbocycles. The Morgan fingerprint density at radius 3 is 2.80 bits per heavy atom. The largest absolute Gasteiger partial charge is 0.121 e. The lowest BCUT2D eigenvalue weighted by Crippen LogP contribution is -1.93. The minimum Gasteiger partial charge on any atom is -0.121 e. The van der Waals surface area contributed by atoms with Crippen LogP contribution in [0.3, 0.4) is 0 Å². The van der Waals surface area contributed by atoms with Crippen LogP contribution in [0.5, 0.6) is 0 Å². The number of hydrogen-bond donors (Lipinski definition) is 0. The highest BCUT2D eigenvalue weighted by atomic mass is 14.1. The first kappa shape index (κ1) is 7.37. The highest BCUT2D eigenvalue weighted by Gasteiger charge is 2.02. The summed E-state index contributed by atoms with van der Waals surface area (Å²) in [6.45, 7) is 6.50. The van der Waals surface area contributed by atoms with Crippen LogP contribution < -0.4 is 0 Å². The van der Waals surface area contributed by atoms with Crippen LogP contribution in [0.15, 0.2) is 29.0 Å². The lowest BCUT2D eigenvalue weighted by molar-refractivity contribution is 0.897. The van der Waals surface area contributed by atoms with Crippen LogP contribution in [0.25, 0.3) is 0 Å². The van der Waals surface area contributed by atoms with Crippen molar-refractivity contribution in [2.45, 2.75) is 27.2 Å². The fraction of sp³-hybridized carbons (Fsp3) is 0.500. The monoisotopic (exact) mass is 134 g/mol. The van der Waals surface area contributed by atoms with Crippen molar-refractivity contribution in [3.8, 4) is 0 Å². The lowest BCUT2D eigenvalue weighted by Gasteiger charge is -2.09. The summed E-state index contributed by atoms with van der Waals surface area (Å²) in [4.78, 5) is 0. The predicted octanol–water partition coefficient (Wildman–Crippen LogP) is 3.07. The molecular formula is C10H14. The summed E-state index contributed by atoms with van der Waals surface area (Å²) in [6, 6.07) is 0. The summed E-state index contributed by atoms with van der Waals surface area (Å²) in [5, 5.41) is 0. The summed E-state index contributed by atoms with van der Waals surface area (Å²) < 4.78 is 0. The topological polar surface area (TPSA) is 0 Å². The van der Waals surface area contributed by atoms with E-state index >= 15 is 0 Å². The van der Waals surface area contributed by atoms with E-state index in [0.717, 1.165) is 6.42 Å². The zero-order valence-electron chi connectivity index (χ0n) is 6.94. The number of hydrogen-bond acceptors (Lipinski definition) is 0. The van der Waals surface area contributed by atoms with Gasteiger partial charge in [0.15, 0.2) is 0 Å². The standard InChI is InChI=1S/C10H14/c1-4-10-7-8(2)5-6-9(10)3/h5,7-8H,4H2,1-3H3. The minimum atomic E-state index is 0.582. The van der Waals surface area contributed by atoms with E-state index in [0.29, 0.717) is 5.92 Å². The Morgan fingerprint density at radius 1 is 1.60 bits per heavy atom. The Kier molecular flexibility index (Phi) is 2.13. The first-order chi connectivity index (χ1) is 4.74. The first-order valence-corrected chi connectivity index (χ1v) is 3.88. The number of allylic oxidation sites excluding steroid dienone is 3. The molecule has 1 unspecified atom stereocenters. The van der Waals surface area contributed by atoms with Gasteiger partial charge in [0.2, 0.25) is 0 Å². The molecule has 0 amide bonds. The van der Waals surface area contributed by atoms with Gasteiger partial charge in [0, 0.05) is 5.92 Å². The third kappa shape index (κ3) is 1.40. The quantitative estimate of drug-likeness (QED) is 0.483. The van der Waals surface area contributed by atoms with E-state index < -0.39 is 0 Å². The van der Waals surface area contributed by atoms with E-state index in [4.69, 9.17) is 0 Å². The molecule has 0 saturated heterocycles. The third-order valence-electron chi connectivity index (χ3n) is 1.89. The molecule has 0 N–H and O–H groups in total. The van der Waals surface area contributed by atoms with Crippen LogP contribution in [0, 0.1) is 5.92 Å². The van der Waals surface area contributed by atoms with Gasteiger partial charge in [0.05, 0.1) is 0 Å². The third-order valence-corrected chi connectivity index (χ3v) is 1.89. The molecule has 0 aromatic heterocycles. The summed E-state index contributed by atoms with van der Waals surface area (Å²) in [5.41, 5.74) is 6.02. The van der Waals surface area contributed by atoms with Crippen molar-refractivity contribution in [2.75, 3.05) is 0 Å². The molecule has 0 aromatic carbocycles. The molecule has 0 fully saturated rings. The molecule has 0 aromatic rings. The average Bonchev–Trinajstić information content (AvgIpc) is 1.94. The molecule has 1 aliphatic carbocycles. The Hall–Kier alpha value is -0.740. The van der Waals surface area contributed by atoms with Gasteiger partial charge in [-0.25, -0.2) is 0 Å². The van der Waals surface area contributed by atoms with E-state index in [9.17, 15) is 0 Å². The van der Waals surface area contributed by atoms with E-state index in [1.807, 2.05) is 0 Å². The summed E-state index contributed by atoms with van der Waals surface area (Å²) in [5.74, 6) is 0.582. The maximum absolute atomic E-state index is 3.26. The van der Waals surface area contributed by atoms with Crippen LogP contribution in [0.1, 0.15) is 27.2 Å². The molecule has 1 rings (SSSR count). The molecule has 54 valence electrons. The maximum atomic E-state index is 3.26. The molecule has 0 radical (unpaired) electrons. The van der Waals surface area contributed by atoms with E-state index in [1.54, 1.807) is 0 Å². The Bertz CT molecular complexity index is 212. The van der Waals surface area contributed by atoms with Gasteiger partial charge in [-0.1, -0.05) is 19.9 Å². The molecule has 0 spiro atoms. The first-order valence-electron chi connectivity index (χ1n) is 3.88. The van der Waals surface area contributed by atoms with Crippen molar-refractivity contribution < 1.29 is 0 Å². The van der Waals surface area contributed by atoms with Crippen LogP contribution in [0.4, 0.5) is 0 Å². The summed E-state index contributed by atoms with van der Waals surface area (Å²) in [7, 11) is 0. The molecule has 10 heavy (non-hydrogen) atoms. The second-order valence-electron chi connectivity index (χ2n) is 2.84. The van der Waals surface area contributed by atoms with E-state index in [2.05, 4.69) is 38.7 Å². The van der Waals surface area contributed by atoms with Gasteiger partial charge in [0.1, 0.15) is 0 Å². The zero-order valence-corrected chi connectivity index (χ0v) is 6.94. The van der Waals surface area contributed by atoms with Gasteiger partial charge in [-0.15, -0.1) is 5.73 Å².